The summed E-state index contributed by atoms with van der Waals surface area (Å²) in [5.74, 6) is -1.21. The third kappa shape index (κ3) is 5.04. The zero-order valence-corrected chi connectivity index (χ0v) is 19.5. The Labute approximate surface area is 198 Å². The summed E-state index contributed by atoms with van der Waals surface area (Å²) < 4.78 is 55.5. The number of hydrogen-bond donors (Lipinski definition) is 0. The topological polar surface area (TPSA) is 60.9 Å². The van der Waals surface area contributed by atoms with E-state index < -0.39 is 22.4 Å². The molecule has 1 amide bonds. The summed E-state index contributed by atoms with van der Waals surface area (Å²) in [7, 11) is -4.07. The van der Waals surface area contributed by atoms with Gasteiger partial charge in [-0.3, -0.25) is 9.10 Å². The summed E-state index contributed by atoms with van der Waals surface area (Å²) in [5.41, 5.74) is 1.57. The molecule has 0 radical (unpaired) electrons. The predicted molar refractivity (Wildman–Crippen MR) is 127 cm³/mol. The number of halogens is 2. The van der Waals surface area contributed by atoms with Gasteiger partial charge in [0, 0.05) is 26.2 Å². The van der Waals surface area contributed by atoms with Crippen LogP contribution in [0.5, 0.6) is 0 Å². The second-order valence-electron chi connectivity index (χ2n) is 8.12. The number of rotatable bonds is 6. The molecule has 3 aromatic rings. The van der Waals surface area contributed by atoms with Crippen molar-refractivity contribution in [3.05, 3.63) is 90.0 Å². The molecule has 3 aromatic carbocycles. The van der Waals surface area contributed by atoms with Crippen molar-refractivity contribution in [1.29, 1.82) is 0 Å². The lowest BCUT2D eigenvalue weighted by Gasteiger charge is -2.37. The van der Waals surface area contributed by atoms with Gasteiger partial charge >= 0.3 is 0 Å². The van der Waals surface area contributed by atoms with E-state index in [1.807, 2.05) is 11.8 Å². The van der Waals surface area contributed by atoms with Crippen molar-refractivity contribution in [2.45, 2.75) is 11.8 Å². The fourth-order valence-corrected chi connectivity index (χ4v) is 5.30. The number of carbonyl (C=O) groups excluding carboxylic acids is 1. The number of piperazine rings is 1. The summed E-state index contributed by atoms with van der Waals surface area (Å²) in [5, 5.41) is 0. The normalized spacial score (nSPS) is 14.2. The Morgan fingerprint density at radius 3 is 2.12 bits per heavy atom. The second kappa shape index (κ2) is 9.80. The lowest BCUT2D eigenvalue weighted by Crippen LogP contribution is -2.52. The molecule has 6 nitrogen and oxygen atoms in total. The number of amides is 1. The molecule has 178 valence electrons. The van der Waals surface area contributed by atoms with E-state index in [9.17, 15) is 22.0 Å². The molecule has 0 N–H and O–H groups in total. The molecular formula is C25H25F2N3O3S. The van der Waals surface area contributed by atoms with Gasteiger partial charge in [0.15, 0.2) is 0 Å². The summed E-state index contributed by atoms with van der Waals surface area (Å²) in [6.45, 7) is 2.92. The van der Waals surface area contributed by atoms with Crippen LogP contribution < -0.4 is 9.21 Å². The monoisotopic (exact) mass is 485 g/mol. The Hall–Kier alpha value is -3.46. The van der Waals surface area contributed by atoms with Gasteiger partial charge in [-0.2, -0.15) is 0 Å². The standard InChI is InChI=1S/C25H25F2N3O3S/c1-19-6-12-22(13-7-19)34(32,33)30(21-10-8-20(26)9-11-21)18-25(31)29-16-14-28(15-17-29)24-5-3-2-4-23(24)27/h2-13H,14-18H2,1H3. The molecule has 1 heterocycles. The minimum Gasteiger partial charge on any atom is -0.366 e. The highest BCUT2D eigenvalue weighted by molar-refractivity contribution is 7.92. The van der Waals surface area contributed by atoms with E-state index >= 15 is 0 Å². The number of sulfonamides is 1. The Balaban J connectivity index is 1.54. The highest BCUT2D eigenvalue weighted by Crippen LogP contribution is 2.25. The quantitative estimate of drug-likeness (QED) is 0.533. The highest BCUT2D eigenvalue weighted by atomic mass is 32.2. The minimum atomic E-state index is -4.07. The van der Waals surface area contributed by atoms with Crippen LogP contribution in [0, 0.1) is 18.6 Å². The number of benzene rings is 3. The summed E-state index contributed by atoms with van der Waals surface area (Å²) in [4.78, 5) is 16.6. The van der Waals surface area contributed by atoms with E-state index in [1.165, 1.54) is 30.3 Å². The van der Waals surface area contributed by atoms with Gasteiger partial charge in [0.1, 0.15) is 18.2 Å². The average molecular weight is 486 g/mol. The van der Waals surface area contributed by atoms with E-state index in [-0.39, 0.29) is 22.3 Å². The van der Waals surface area contributed by atoms with Gasteiger partial charge in [0.05, 0.1) is 16.3 Å². The van der Waals surface area contributed by atoms with Gasteiger partial charge in [0.25, 0.3) is 10.0 Å². The number of aryl methyl sites for hydroxylation is 1. The van der Waals surface area contributed by atoms with Crippen LogP contribution >= 0.6 is 0 Å². The minimum absolute atomic E-state index is 0.0413. The molecule has 1 aliphatic rings. The Bertz CT molecular complexity index is 1260. The van der Waals surface area contributed by atoms with Crippen LogP contribution in [0.3, 0.4) is 0 Å². The first-order valence-electron chi connectivity index (χ1n) is 10.9. The smallest absolute Gasteiger partial charge is 0.264 e. The SMILES string of the molecule is Cc1ccc(S(=O)(=O)N(CC(=O)N2CCN(c3ccccc3F)CC2)c2ccc(F)cc2)cc1. The number of hydrogen-bond acceptors (Lipinski definition) is 4. The summed E-state index contributed by atoms with van der Waals surface area (Å²) in [6.07, 6.45) is 0. The van der Waals surface area contributed by atoms with Gasteiger partial charge in [-0.15, -0.1) is 0 Å². The van der Waals surface area contributed by atoms with Crippen molar-refractivity contribution >= 4 is 27.3 Å². The number of carbonyl (C=O) groups is 1. The van der Waals surface area contributed by atoms with Gasteiger partial charge < -0.3 is 9.80 Å². The third-order valence-corrected chi connectivity index (χ3v) is 7.62. The first-order chi connectivity index (χ1) is 16.3. The van der Waals surface area contributed by atoms with E-state index in [0.29, 0.717) is 31.9 Å². The van der Waals surface area contributed by atoms with Crippen molar-refractivity contribution in [1.82, 2.24) is 4.90 Å². The Kier molecular flexibility index (Phi) is 6.83. The van der Waals surface area contributed by atoms with Crippen molar-refractivity contribution in [3.63, 3.8) is 0 Å². The summed E-state index contributed by atoms with van der Waals surface area (Å²) >= 11 is 0. The number of para-hydroxylation sites is 1. The Morgan fingerprint density at radius 1 is 0.882 bits per heavy atom. The van der Waals surface area contributed by atoms with Crippen LogP contribution in [0.2, 0.25) is 0 Å². The molecule has 0 unspecified atom stereocenters. The first kappa shape index (κ1) is 23.7. The number of nitrogens with zero attached hydrogens (tertiary/aromatic N) is 3. The molecule has 0 spiro atoms. The predicted octanol–water partition coefficient (Wildman–Crippen LogP) is 3.82. The van der Waals surface area contributed by atoms with Crippen LogP contribution in [0.15, 0.2) is 77.7 Å². The Morgan fingerprint density at radius 2 is 1.50 bits per heavy atom. The first-order valence-corrected chi connectivity index (χ1v) is 12.3. The molecule has 9 heteroatoms. The van der Waals surface area contributed by atoms with E-state index in [2.05, 4.69) is 0 Å². The van der Waals surface area contributed by atoms with E-state index in [1.54, 1.807) is 35.2 Å². The van der Waals surface area contributed by atoms with Crippen LogP contribution in [0.25, 0.3) is 0 Å². The molecule has 4 rings (SSSR count). The summed E-state index contributed by atoms with van der Waals surface area (Å²) in [6, 6.07) is 17.8. The van der Waals surface area contributed by atoms with Crippen molar-refractivity contribution in [2.24, 2.45) is 0 Å². The van der Waals surface area contributed by atoms with Crippen LogP contribution in [0.4, 0.5) is 20.2 Å². The molecule has 1 saturated heterocycles. The molecule has 0 bridgehead atoms. The fraction of sp³-hybridized carbons (Fsp3) is 0.240. The van der Waals surface area contributed by atoms with Gasteiger partial charge in [-0.1, -0.05) is 29.8 Å². The van der Waals surface area contributed by atoms with Gasteiger partial charge in [-0.25, -0.2) is 17.2 Å². The maximum atomic E-state index is 14.1. The molecule has 34 heavy (non-hydrogen) atoms. The molecular weight excluding hydrogens is 460 g/mol. The second-order valence-corrected chi connectivity index (χ2v) is 9.98. The average Bonchev–Trinajstić information content (AvgIpc) is 2.84. The molecule has 1 fully saturated rings. The molecule has 0 saturated carbocycles. The van der Waals surface area contributed by atoms with Crippen molar-refractivity contribution in [2.75, 3.05) is 41.9 Å². The van der Waals surface area contributed by atoms with Crippen LogP contribution in [-0.2, 0) is 14.8 Å². The number of anilines is 2. The molecule has 0 atom stereocenters. The third-order valence-electron chi connectivity index (χ3n) is 5.83. The zero-order chi connectivity index (χ0) is 24.3. The maximum absolute atomic E-state index is 14.1. The highest BCUT2D eigenvalue weighted by Gasteiger charge is 2.30. The lowest BCUT2D eigenvalue weighted by atomic mass is 10.2. The van der Waals surface area contributed by atoms with Crippen molar-refractivity contribution < 1.29 is 22.0 Å². The maximum Gasteiger partial charge on any atom is 0.264 e. The fourth-order valence-electron chi connectivity index (χ4n) is 3.89. The largest absolute Gasteiger partial charge is 0.366 e. The van der Waals surface area contributed by atoms with E-state index in [4.69, 9.17) is 0 Å². The molecule has 1 aliphatic heterocycles. The van der Waals surface area contributed by atoms with Gasteiger partial charge in [0.2, 0.25) is 5.91 Å². The van der Waals surface area contributed by atoms with Crippen molar-refractivity contribution in [3.8, 4) is 0 Å². The van der Waals surface area contributed by atoms with Crippen LogP contribution in [-0.4, -0.2) is 51.9 Å². The van der Waals surface area contributed by atoms with Gasteiger partial charge in [-0.05, 0) is 55.5 Å². The zero-order valence-electron chi connectivity index (χ0n) is 18.7. The molecule has 0 aliphatic carbocycles. The molecule has 0 aromatic heterocycles. The van der Waals surface area contributed by atoms with E-state index in [0.717, 1.165) is 22.0 Å². The van der Waals surface area contributed by atoms with Crippen LogP contribution in [0.1, 0.15) is 5.56 Å². The lowest BCUT2D eigenvalue weighted by molar-refractivity contribution is -0.129.